The molecule has 6 heteroatoms. The van der Waals surface area contributed by atoms with E-state index in [2.05, 4.69) is 31.3 Å². The van der Waals surface area contributed by atoms with Crippen molar-refractivity contribution in [2.24, 2.45) is 0 Å². The molecule has 2 unspecified atom stereocenters. The third-order valence-electron chi connectivity index (χ3n) is 18.6. The van der Waals surface area contributed by atoms with Crippen molar-refractivity contribution < 1.29 is 24.5 Å². The van der Waals surface area contributed by atoms with Crippen molar-refractivity contribution in [1.82, 2.24) is 5.32 Å². The van der Waals surface area contributed by atoms with Gasteiger partial charge in [-0.2, -0.15) is 0 Å². The van der Waals surface area contributed by atoms with Gasteiger partial charge in [0.2, 0.25) is 5.91 Å². The highest BCUT2D eigenvalue weighted by Gasteiger charge is 2.20. The third-order valence-corrected chi connectivity index (χ3v) is 18.6. The Bertz CT molecular complexity index is 1270. The Hall–Kier alpha value is -1.40. The molecule has 0 aromatic heterocycles. The molecule has 0 aliphatic heterocycles. The molecule has 0 aromatic rings. The maximum absolute atomic E-state index is 12.6. The van der Waals surface area contributed by atoms with Crippen molar-refractivity contribution >= 4 is 11.9 Å². The van der Waals surface area contributed by atoms with Crippen LogP contribution in [0.4, 0.5) is 0 Å². The standard InChI is InChI=1S/C78H153NO5/c1-3-5-7-9-11-13-15-17-19-21-23-24-28-31-35-38-42-46-50-54-58-62-66-70-76(81)75(74-80)79-77(82)71-67-63-59-55-51-47-43-39-36-32-29-26-25-27-30-33-37-41-45-49-53-57-61-65-69-73-84-78(83)72-68-64-60-56-52-48-44-40-34-22-20-18-16-14-12-10-8-6-4-2/h26,29,75-76,80-81H,3-25,27-28,30-74H2,1-2H3,(H,79,82)/b29-26-. The number of amides is 1. The minimum Gasteiger partial charge on any atom is -0.466 e. The van der Waals surface area contributed by atoms with Crippen LogP contribution in [0.5, 0.6) is 0 Å². The summed E-state index contributed by atoms with van der Waals surface area (Å²) in [6.45, 7) is 5.01. The second-order valence-electron chi connectivity index (χ2n) is 27.0. The number of esters is 1. The summed E-state index contributed by atoms with van der Waals surface area (Å²) in [4.78, 5) is 24.7. The van der Waals surface area contributed by atoms with Crippen LogP contribution in [-0.4, -0.2) is 47.4 Å². The Balaban J connectivity index is 3.37. The van der Waals surface area contributed by atoms with Crippen molar-refractivity contribution in [3.8, 4) is 0 Å². The van der Waals surface area contributed by atoms with Gasteiger partial charge in [-0.25, -0.2) is 0 Å². The number of hydrogen-bond donors (Lipinski definition) is 3. The molecule has 0 fully saturated rings. The molecule has 6 nitrogen and oxygen atoms in total. The Morgan fingerprint density at radius 3 is 0.845 bits per heavy atom. The average Bonchev–Trinajstić information content (AvgIpc) is 3.51. The zero-order valence-corrected chi connectivity index (χ0v) is 57.4. The van der Waals surface area contributed by atoms with Crippen LogP contribution in [0, 0.1) is 0 Å². The molecule has 500 valence electrons. The van der Waals surface area contributed by atoms with Gasteiger partial charge in [0.1, 0.15) is 0 Å². The minimum atomic E-state index is -0.667. The number of rotatable bonds is 74. The van der Waals surface area contributed by atoms with E-state index in [0.717, 1.165) is 38.5 Å². The number of carbonyl (C=O) groups is 2. The van der Waals surface area contributed by atoms with Gasteiger partial charge >= 0.3 is 5.97 Å². The van der Waals surface area contributed by atoms with Crippen LogP contribution >= 0.6 is 0 Å². The highest BCUT2D eigenvalue weighted by Crippen LogP contribution is 2.20. The molecular formula is C78H153NO5. The normalized spacial score (nSPS) is 12.5. The van der Waals surface area contributed by atoms with Crippen molar-refractivity contribution in [1.29, 1.82) is 0 Å². The minimum absolute atomic E-state index is 0.0198. The summed E-state index contributed by atoms with van der Waals surface area (Å²) < 4.78 is 5.52. The van der Waals surface area contributed by atoms with Crippen LogP contribution in [0.1, 0.15) is 450 Å². The third kappa shape index (κ3) is 69.7. The number of nitrogens with one attached hydrogen (secondary N) is 1. The lowest BCUT2D eigenvalue weighted by Crippen LogP contribution is -2.45. The van der Waals surface area contributed by atoms with Crippen LogP contribution in [0.25, 0.3) is 0 Å². The van der Waals surface area contributed by atoms with Gasteiger partial charge in [0.05, 0.1) is 25.4 Å². The van der Waals surface area contributed by atoms with Gasteiger partial charge in [-0.05, 0) is 51.4 Å². The van der Waals surface area contributed by atoms with E-state index in [1.54, 1.807) is 0 Å². The molecule has 3 N–H and O–H groups in total. The van der Waals surface area contributed by atoms with Gasteiger partial charge in [-0.15, -0.1) is 0 Å². The second-order valence-corrected chi connectivity index (χ2v) is 27.0. The Labute approximate surface area is 527 Å². The summed E-state index contributed by atoms with van der Waals surface area (Å²) in [6, 6.07) is -0.545. The Morgan fingerprint density at radius 2 is 0.560 bits per heavy atom. The Kier molecular flexibility index (Phi) is 72.8. The molecular weight excluding hydrogens is 1030 g/mol. The first kappa shape index (κ1) is 82.6. The molecule has 84 heavy (non-hydrogen) atoms. The zero-order chi connectivity index (χ0) is 60.6. The van der Waals surface area contributed by atoms with Crippen LogP contribution in [0.2, 0.25) is 0 Å². The molecule has 0 saturated heterocycles. The maximum atomic E-state index is 12.6. The van der Waals surface area contributed by atoms with Crippen LogP contribution in [0.15, 0.2) is 12.2 Å². The van der Waals surface area contributed by atoms with Crippen LogP contribution in [-0.2, 0) is 14.3 Å². The maximum Gasteiger partial charge on any atom is 0.305 e. The first-order valence-electron chi connectivity index (χ1n) is 38.9. The van der Waals surface area contributed by atoms with E-state index in [1.165, 1.54) is 379 Å². The number of aliphatic hydroxyl groups excluding tert-OH is 2. The summed E-state index contributed by atoms with van der Waals surface area (Å²) in [5.74, 6) is -0.0125. The lowest BCUT2D eigenvalue weighted by Gasteiger charge is -2.22. The van der Waals surface area contributed by atoms with Crippen molar-refractivity contribution in [2.45, 2.75) is 463 Å². The van der Waals surface area contributed by atoms with Gasteiger partial charge in [0, 0.05) is 12.8 Å². The molecule has 0 aromatic carbocycles. The monoisotopic (exact) mass is 1180 g/mol. The summed E-state index contributed by atoms with van der Waals surface area (Å²) >= 11 is 0. The first-order valence-corrected chi connectivity index (χ1v) is 38.9. The van der Waals surface area contributed by atoms with Gasteiger partial charge in [-0.1, -0.05) is 398 Å². The molecule has 0 radical (unpaired) electrons. The fraction of sp³-hybridized carbons (Fsp3) is 0.949. The van der Waals surface area contributed by atoms with E-state index in [-0.39, 0.29) is 18.5 Å². The van der Waals surface area contributed by atoms with Crippen molar-refractivity contribution in [3.63, 3.8) is 0 Å². The summed E-state index contributed by atoms with van der Waals surface area (Å²) in [7, 11) is 0. The number of aliphatic hydroxyl groups is 2. The van der Waals surface area contributed by atoms with E-state index < -0.39 is 12.1 Å². The molecule has 0 spiro atoms. The number of carbonyl (C=O) groups excluding carboxylic acids is 2. The van der Waals surface area contributed by atoms with E-state index >= 15 is 0 Å². The van der Waals surface area contributed by atoms with Gasteiger partial charge in [0.15, 0.2) is 0 Å². The van der Waals surface area contributed by atoms with Gasteiger partial charge < -0.3 is 20.3 Å². The highest BCUT2D eigenvalue weighted by atomic mass is 16.5. The highest BCUT2D eigenvalue weighted by molar-refractivity contribution is 5.76. The lowest BCUT2D eigenvalue weighted by molar-refractivity contribution is -0.143. The van der Waals surface area contributed by atoms with Gasteiger partial charge in [0.25, 0.3) is 0 Å². The average molecular weight is 1190 g/mol. The molecule has 2 atom stereocenters. The molecule has 0 saturated carbocycles. The first-order chi connectivity index (χ1) is 41.5. The van der Waals surface area contributed by atoms with Crippen LogP contribution in [0.3, 0.4) is 0 Å². The van der Waals surface area contributed by atoms with E-state index in [1.807, 2.05) is 0 Å². The second kappa shape index (κ2) is 74.1. The van der Waals surface area contributed by atoms with Crippen molar-refractivity contribution in [2.75, 3.05) is 13.2 Å². The molecule has 0 heterocycles. The number of allylic oxidation sites excluding steroid dienone is 2. The molecule has 0 aliphatic rings. The number of ether oxygens (including phenoxy) is 1. The fourth-order valence-electron chi connectivity index (χ4n) is 12.6. The number of unbranched alkanes of at least 4 members (excludes halogenated alkanes) is 61. The fourth-order valence-corrected chi connectivity index (χ4v) is 12.6. The van der Waals surface area contributed by atoms with E-state index in [0.29, 0.717) is 25.9 Å². The predicted octanol–water partition coefficient (Wildman–Crippen LogP) is 25.5. The topological polar surface area (TPSA) is 95.9 Å². The predicted molar refractivity (Wildman–Crippen MR) is 370 cm³/mol. The summed E-state index contributed by atoms with van der Waals surface area (Å²) in [6.07, 6.45) is 92.9. The molecule has 0 bridgehead atoms. The smallest absolute Gasteiger partial charge is 0.305 e. The summed E-state index contributed by atoms with van der Waals surface area (Å²) in [5, 5.41) is 23.5. The molecule has 1 amide bonds. The largest absolute Gasteiger partial charge is 0.466 e. The molecule has 0 rings (SSSR count). The lowest BCUT2D eigenvalue weighted by atomic mass is 10.0. The van der Waals surface area contributed by atoms with E-state index in [9.17, 15) is 19.8 Å². The van der Waals surface area contributed by atoms with Gasteiger partial charge in [-0.3, -0.25) is 9.59 Å². The Morgan fingerprint density at radius 1 is 0.321 bits per heavy atom. The summed E-state index contributed by atoms with van der Waals surface area (Å²) in [5.41, 5.74) is 0. The zero-order valence-electron chi connectivity index (χ0n) is 57.4. The van der Waals surface area contributed by atoms with Crippen molar-refractivity contribution in [3.05, 3.63) is 12.2 Å². The SMILES string of the molecule is CCCCCCCCCCCCCCCCCCCCCCCCCC(O)C(CO)NC(=O)CCCCCCCCCCC/C=C\CCCCCCCCCCCCCCOC(=O)CCCCCCCCCCCCCCCCCCCCC. The quantitative estimate of drug-likeness (QED) is 0.0320. The van der Waals surface area contributed by atoms with Crippen LogP contribution < -0.4 is 5.32 Å². The molecule has 0 aliphatic carbocycles. The van der Waals surface area contributed by atoms with E-state index in [4.69, 9.17) is 4.74 Å². The number of hydrogen-bond acceptors (Lipinski definition) is 5.